The molecule has 0 saturated heterocycles. The average Bonchev–Trinajstić information content (AvgIpc) is 1.93. The van der Waals surface area contributed by atoms with Gasteiger partial charge in [-0.05, 0) is 0 Å². The monoisotopic (exact) mass is 181 g/mol. The molecule has 0 N–H and O–H groups in total. The summed E-state index contributed by atoms with van der Waals surface area (Å²) in [6.07, 6.45) is 0. The van der Waals surface area contributed by atoms with E-state index in [0.29, 0.717) is 0 Å². The van der Waals surface area contributed by atoms with Gasteiger partial charge in [0.15, 0.2) is 10.2 Å². The average molecular weight is 181 g/mol. The molecule has 0 unspecified atom stereocenters. The minimum atomic E-state index is 0. The standard InChI is InChI=1S/C6H6.Na.OS2/c1-2-4-6-5-3-1;;1-3-2/h1-6H;;/q;+1;. The van der Waals surface area contributed by atoms with Crippen LogP contribution in [0.3, 0.4) is 0 Å². The Morgan fingerprint density at radius 1 is 0.900 bits per heavy atom. The van der Waals surface area contributed by atoms with Crippen molar-refractivity contribution in [1.29, 1.82) is 0 Å². The van der Waals surface area contributed by atoms with Gasteiger partial charge in [-0.25, -0.2) is 0 Å². The maximum Gasteiger partial charge on any atom is 1.00 e. The van der Waals surface area contributed by atoms with Crippen molar-refractivity contribution in [1.82, 2.24) is 0 Å². The van der Waals surface area contributed by atoms with Gasteiger partial charge in [0.05, 0.1) is 0 Å². The molecule has 1 aromatic carbocycles. The molecule has 48 valence electrons. The van der Waals surface area contributed by atoms with Gasteiger partial charge < -0.3 is 0 Å². The van der Waals surface area contributed by atoms with Crippen LogP contribution in [-0.2, 0) is 21.4 Å². The molecule has 0 atom stereocenters. The van der Waals surface area contributed by atoms with Crippen molar-refractivity contribution in [2.24, 2.45) is 0 Å². The Bertz CT molecular complexity index is 146. The first kappa shape index (κ1) is 13.1. The van der Waals surface area contributed by atoms with Crippen molar-refractivity contribution in [3.05, 3.63) is 36.4 Å². The minimum absolute atomic E-state index is 0. The summed E-state index contributed by atoms with van der Waals surface area (Å²) in [5.41, 5.74) is 0. The second-order valence-electron chi connectivity index (χ2n) is 1.22. The SMILES string of the molecule is O=S=S.[Na+].c1ccccc1. The van der Waals surface area contributed by atoms with Crippen LogP contribution in [0.4, 0.5) is 0 Å². The van der Waals surface area contributed by atoms with Crippen molar-refractivity contribution in [2.75, 3.05) is 0 Å². The van der Waals surface area contributed by atoms with Gasteiger partial charge in [0.2, 0.25) is 0 Å². The van der Waals surface area contributed by atoms with Crippen LogP contribution < -0.4 is 29.6 Å². The molecular weight excluding hydrogens is 175 g/mol. The van der Waals surface area contributed by atoms with Crippen LogP contribution in [0.1, 0.15) is 0 Å². The summed E-state index contributed by atoms with van der Waals surface area (Å²) in [6, 6.07) is 12.0. The Labute approximate surface area is 90.9 Å². The van der Waals surface area contributed by atoms with Crippen molar-refractivity contribution < 1.29 is 33.8 Å². The van der Waals surface area contributed by atoms with Gasteiger partial charge in [-0.3, -0.25) is 0 Å². The molecule has 1 nitrogen and oxygen atoms in total. The zero-order valence-electron chi connectivity index (χ0n) is 5.69. The summed E-state index contributed by atoms with van der Waals surface area (Å²) in [4.78, 5) is 0. The Balaban J connectivity index is 0. The number of rotatable bonds is 0. The van der Waals surface area contributed by atoms with Gasteiger partial charge >= 0.3 is 29.6 Å². The van der Waals surface area contributed by atoms with E-state index < -0.39 is 0 Å². The summed E-state index contributed by atoms with van der Waals surface area (Å²) in [6.45, 7) is 0. The van der Waals surface area contributed by atoms with Crippen molar-refractivity contribution >= 4 is 21.4 Å². The molecule has 1 rings (SSSR count). The summed E-state index contributed by atoms with van der Waals surface area (Å²) in [5.74, 6) is 0. The Kier molecular flexibility index (Phi) is 15.9. The molecule has 1 aromatic rings. The van der Waals surface area contributed by atoms with E-state index >= 15 is 0 Å². The third kappa shape index (κ3) is 11.3. The van der Waals surface area contributed by atoms with Crippen LogP contribution in [-0.4, -0.2) is 4.21 Å². The molecule has 0 radical (unpaired) electrons. The van der Waals surface area contributed by atoms with E-state index in [0.717, 1.165) is 0 Å². The molecule has 10 heavy (non-hydrogen) atoms. The first-order valence-corrected chi connectivity index (χ1v) is 4.00. The predicted octanol–water partition coefficient (Wildman–Crippen LogP) is -1.65. The molecule has 0 aliphatic heterocycles. The molecule has 0 amide bonds. The molecule has 0 spiro atoms. The smallest absolute Gasteiger partial charge is 0.200 e. The fourth-order valence-corrected chi connectivity index (χ4v) is 0.385. The molecular formula is C6H6NaOS2+. The predicted molar refractivity (Wildman–Crippen MR) is 41.9 cm³/mol. The van der Waals surface area contributed by atoms with E-state index in [2.05, 4.69) is 11.2 Å². The zero-order valence-corrected chi connectivity index (χ0v) is 9.32. The second-order valence-corrected chi connectivity index (χ2v) is 1.77. The van der Waals surface area contributed by atoms with E-state index in [1.54, 1.807) is 0 Å². The summed E-state index contributed by atoms with van der Waals surface area (Å²) < 4.78 is 8.66. The fraction of sp³-hybridized carbons (Fsp3) is 0. The van der Waals surface area contributed by atoms with E-state index in [-0.39, 0.29) is 39.8 Å². The number of hydrogen-bond acceptors (Lipinski definition) is 2. The van der Waals surface area contributed by atoms with Gasteiger partial charge in [0.1, 0.15) is 0 Å². The molecule has 0 fully saturated rings. The van der Waals surface area contributed by atoms with Crippen molar-refractivity contribution in [3.63, 3.8) is 0 Å². The molecule has 0 saturated carbocycles. The van der Waals surface area contributed by atoms with Gasteiger partial charge in [0, 0.05) is 11.2 Å². The summed E-state index contributed by atoms with van der Waals surface area (Å²) in [5, 5.41) is 0. The first-order valence-electron chi connectivity index (χ1n) is 2.33. The van der Waals surface area contributed by atoms with Crippen molar-refractivity contribution in [3.8, 4) is 0 Å². The minimum Gasteiger partial charge on any atom is -0.200 e. The first-order chi connectivity index (χ1) is 4.41. The second kappa shape index (κ2) is 12.2. The normalized spacial score (nSPS) is 6.00. The van der Waals surface area contributed by atoms with Gasteiger partial charge in [0.25, 0.3) is 0 Å². The Morgan fingerprint density at radius 3 is 1.10 bits per heavy atom. The third-order valence-corrected chi connectivity index (χ3v) is 0.667. The molecule has 4 heteroatoms. The topological polar surface area (TPSA) is 17.1 Å². The summed E-state index contributed by atoms with van der Waals surface area (Å²) >= 11 is 3.75. The van der Waals surface area contributed by atoms with Crippen LogP contribution in [0, 0.1) is 0 Å². The fourth-order valence-electron chi connectivity index (χ4n) is 0.385. The molecule has 0 heterocycles. The number of benzene rings is 1. The number of hydrogen-bond donors (Lipinski definition) is 0. The molecule has 0 aliphatic rings. The van der Waals surface area contributed by atoms with Crippen LogP contribution in [0.5, 0.6) is 0 Å². The molecule has 0 aliphatic carbocycles. The van der Waals surface area contributed by atoms with Crippen LogP contribution in [0.25, 0.3) is 0 Å². The Morgan fingerprint density at radius 2 is 1.00 bits per heavy atom. The quantitative estimate of drug-likeness (QED) is 0.446. The van der Waals surface area contributed by atoms with E-state index in [1.165, 1.54) is 0 Å². The van der Waals surface area contributed by atoms with Gasteiger partial charge in [-0.15, -0.1) is 0 Å². The van der Waals surface area contributed by atoms with Crippen LogP contribution in [0.15, 0.2) is 36.4 Å². The maximum absolute atomic E-state index is 8.66. The maximum atomic E-state index is 8.66. The third-order valence-electron chi connectivity index (χ3n) is 0.667. The molecule has 0 bridgehead atoms. The zero-order chi connectivity index (χ0) is 6.95. The van der Waals surface area contributed by atoms with E-state index in [4.69, 9.17) is 4.21 Å². The Hall–Kier alpha value is 0.460. The van der Waals surface area contributed by atoms with Gasteiger partial charge in [-0.2, -0.15) is 4.21 Å². The van der Waals surface area contributed by atoms with Crippen LogP contribution in [0.2, 0.25) is 0 Å². The van der Waals surface area contributed by atoms with E-state index in [1.807, 2.05) is 36.4 Å². The van der Waals surface area contributed by atoms with Crippen LogP contribution >= 0.6 is 0 Å². The molecule has 0 aromatic heterocycles. The largest absolute Gasteiger partial charge is 1.00 e. The summed E-state index contributed by atoms with van der Waals surface area (Å²) in [7, 11) is 0.0833. The van der Waals surface area contributed by atoms with E-state index in [9.17, 15) is 0 Å². The van der Waals surface area contributed by atoms with Crippen molar-refractivity contribution in [2.45, 2.75) is 0 Å². The van der Waals surface area contributed by atoms with Gasteiger partial charge in [-0.1, -0.05) is 36.4 Å².